The van der Waals surface area contributed by atoms with Gasteiger partial charge in [0, 0.05) is 17.2 Å². The second-order valence-corrected chi connectivity index (χ2v) is 4.49. The first-order valence-corrected chi connectivity index (χ1v) is 5.34. The van der Waals surface area contributed by atoms with Gasteiger partial charge in [-0.25, -0.2) is 5.90 Å². The summed E-state index contributed by atoms with van der Waals surface area (Å²) in [5.41, 5.74) is 2.62. The molecule has 1 aliphatic heterocycles. The number of fused-ring (bicyclic) bond motifs is 1. The zero-order chi connectivity index (χ0) is 10.1. The zero-order valence-corrected chi connectivity index (χ0v) is 9.62. The Labute approximate surface area is 91.9 Å². The number of benzene rings is 1. The van der Waals surface area contributed by atoms with E-state index in [1.807, 2.05) is 0 Å². The molecule has 1 aromatic carbocycles. The van der Waals surface area contributed by atoms with E-state index < -0.39 is 0 Å². The van der Waals surface area contributed by atoms with Crippen LogP contribution in [-0.4, -0.2) is 19.7 Å². The summed E-state index contributed by atoms with van der Waals surface area (Å²) >= 11 is 3.47. The summed E-state index contributed by atoms with van der Waals surface area (Å²) in [6.45, 7) is 0.572. The third kappa shape index (κ3) is 1.65. The smallest absolute Gasteiger partial charge is 0.0885 e. The standard InChI is InChI=1S/C10H13BrN2O/c1-13-9(6-14-12)5-7-4-8(11)2-3-10(7)13/h2-4,9H,5-6,12H2,1H3. The van der Waals surface area contributed by atoms with E-state index >= 15 is 0 Å². The molecule has 0 saturated carbocycles. The van der Waals surface area contributed by atoms with Crippen molar-refractivity contribution in [3.8, 4) is 0 Å². The van der Waals surface area contributed by atoms with Gasteiger partial charge in [-0.1, -0.05) is 15.9 Å². The highest BCUT2D eigenvalue weighted by Crippen LogP contribution is 2.32. The summed E-state index contributed by atoms with van der Waals surface area (Å²) in [5, 5.41) is 0. The molecule has 14 heavy (non-hydrogen) atoms. The maximum absolute atomic E-state index is 5.10. The van der Waals surface area contributed by atoms with Crippen molar-refractivity contribution in [2.75, 3.05) is 18.6 Å². The molecule has 1 aliphatic rings. The normalized spacial score (nSPS) is 19.9. The largest absolute Gasteiger partial charge is 0.369 e. The summed E-state index contributed by atoms with van der Waals surface area (Å²) in [6.07, 6.45) is 1.00. The van der Waals surface area contributed by atoms with Gasteiger partial charge < -0.3 is 9.74 Å². The SMILES string of the molecule is CN1c2ccc(Br)cc2CC1CON. The average molecular weight is 257 g/mol. The predicted molar refractivity (Wildman–Crippen MR) is 60.2 cm³/mol. The Balaban J connectivity index is 2.26. The molecule has 1 heterocycles. The van der Waals surface area contributed by atoms with Crippen molar-refractivity contribution in [1.82, 2.24) is 0 Å². The summed E-state index contributed by atoms with van der Waals surface area (Å²) < 4.78 is 1.12. The molecule has 0 bridgehead atoms. The number of nitrogens with zero attached hydrogens (tertiary/aromatic N) is 1. The first-order valence-electron chi connectivity index (χ1n) is 4.55. The summed E-state index contributed by atoms with van der Waals surface area (Å²) in [6, 6.07) is 6.70. The highest BCUT2D eigenvalue weighted by Gasteiger charge is 2.26. The molecule has 76 valence electrons. The second-order valence-electron chi connectivity index (χ2n) is 3.58. The third-order valence-electron chi connectivity index (χ3n) is 2.71. The molecular weight excluding hydrogens is 244 g/mol. The van der Waals surface area contributed by atoms with Crippen molar-refractivity contribution in [2.24, 2.45) is 5.90 Å². The Morgan fingerprint density at radius 1 is 1.64 bits per heavy atom. The molecule has 4 heteroatoms. The minimum atomic E-state index is 0.365. The van der Waals surface area contributed by atoms with E-state index in [9.17, 15) is 0 Å². The first kappa shape index (κ1) is 9.96. The molecular formula is C10H13BrN2O. The van der Waals surface area contributed by atoms with E-state index in [-0.39, 0.29) is 0 Å². The van der Waals surface area contributed by atoms with E-state index in [1.54, 1.807) is 0 Å². The van der Waals surface area contributed by atoms with Gasteiger partial charge in [0.05, 0.1) is 12.6 Å². The first-order chi connectivity index (χ1) is 6.72. The van der Waals surface area contributed by atoms with Gasteiger partial charge in [-0.05, 0) is 30.2 Å². The molecule has 2 rings (SSSR count). The topological polar surface area (TPSA) is 38.5 Å². The maximum Gasteiger partial charge on any atom is 0.0885 e. The van der Waals surface area contributed by atoms with E-state index in [4.69, 9.17) is 10.7 Å². The van der Waals surface area contributed by atoms with Crippen LogP contribution >= 0.6 is 15.9 Å². The van der Waals surface area contributed by atoms with Crippen LogP contribution in [0.5, 0.6) is 0 Å². The van der Waals surface area contributed by atoms with Crippen molar-refractivity contribution >= 4 is 21.6 Å². The molecule has 1 unspecified atom stereocenters. The van der Waals surface area contributed by atoms with E-state index in [2.05, 4.69) is 46.1 Å². The lowest BCUT2D eigenvalue weighted by Gasteiger charge is -2.21. The number of rotatable bonds is 2. The van der Waals surface area contributed by atoms with Crippen LogP contribution < -0.4 is 10.8 Å². The van der Waals surface area contributed by atoms with Crippen LogP contribution in [0.25, 0.3) is 0 Å². The molecule has 3 nitrogen and oxygen atoms in total. The molecule has 0 saturated heterocycles. The number of halogens is 1. The average Bonchev–Trinajstić information content (AvgIpc) is 2.44. The number of hydrogen-bond donors (Lipinski definition) is 1. The second kappa shape index (κ2) is 3.88. The Morgan fingerprint density at radius 2 is 2.43 bits per heavy atom. The Kier molecular flexibility index (Phi) is 2.76. The van der Waals surface area contributed by atoms with Crippen molar-refractivity contribution < 1.29 is 4.84 Å². The minimum Gasteiger partial charge on any atom is -0.369 e. The van der Waals surface area contributed by atoms with Crippen molar-refractivity contribution in [3.63, 3.8) is 0 Å². The third-order valence-corrected chi connectivity index (χ3v) is 3.21. The highest BCUT2D eigenvalue weighted by atomic mass is 79.9. The van der Waals surface area contributed by atoms with Gasteiger partial charge in [-0.2, -0.15) is 0 Å². The Morgan fingerprint density at radius 3 is 3.14 bits per heavy atom. The molecule has 0 amide bonds. The van der Waals surface area contributed by atoms with Crippen LogP contribution in [0, 0.1) is 0 Å². The van der Waals surface area contributed by atoms with Crippen LogP contribution in [0.15, 0.2) is 22.7 Å². The molecule has 2 N–H and O–H groups in total. The van der Waals surface area contributed by atoms with Crippen LogP contribution in [0.2, 0.25) is 0 Å². The minimum absolute atomic E-state index is 0.365. The Bertz CT molecular complexity index is 343. The maximum atomic E-state index is 5.10. The fourth-order valence-electron chi connectivity index (χ4n) is 1.93. The predicted octanol–water partition coefficient (Wildman–Crippen LogP) is 1.70. The molecule has 1 atom stereocenters. The van der Waals surface area contributed by atoms with E-state index in [0.29, 0.717) is 12.6 Å². The summed E-state index contributed by atoms with van der Waals surface area (Å²) in [5.74, 6) is 5.10. The lowest BCUT2D eigenvalue weighted by Crippen LogP contribution is -2.33. The number of likely N-dealkylation sites (N-methyl/N-ethyl adjacent to an activating group) is 1. The van der Waals surface area contributed by atoms with E-state index in [0.717, 1.165) is 10.9 Å². The number of anilines is 1. The fraction of sp³-hybridized carbons (Fsp3) is 0.400. The van der Waals surface area contributed by atoms with Crippen LogP contribution in [0.3, 0.4) is 0 Å². The van der Waals surface area contributed by atoms with Crippen LogP contribution in [-0.2, 0) is 11.3 Å². The van der Waals surface area contributed by atoms with Gasteiger partial charge in [-0.3, -0.25) is 0 Å². The Hall–Kier alpha value is -0.580. The van der Waals surface area contributed by atoms with E-state index in [1.165, 1.54) is 11.3 Å². The molecule has 0 fully saturated rings. The van der Waals surface area contributed by atoms with Gasteiger partial charge in [0.1, 0.15) is 0 Å². The molecule has 0 aliphatic carbocycles. The zero-order valence-electron chi connectivity index (χ0n) is 8.03. The molecule has 0 spiro atoms. The molecule has 1 aromatic rings. The molecule has 0 radical (unpaired) electrons. The van der Waals surface area contributed by atoms with Crippen molar-refractivity contribution in [2.45, 2.75) is 12.5 Å². The fourth-order valence-corrected chi connectivity index (χ4v) is 2.34. The summed E-state index contributed by atoms with van der Waals surface area (Å²) in [7, 11) is 2.07. The van der Waals surface area contributed by atoms with Gasteiger partial charge >= 0.3 is 0 Å². The van der Waals surface area contributed by atoms with Crippen molar-refractivity contribution in [1.29, 1.82) is 0 Å². The van der Waals surface area contributed by atoms with Crippen LogP contribution in [0.1, 0.15) is 5.56 Å². The van der Waals surface area contributed by atoms with Crippen LogP contribution in [0.4, 0.5) is 5.69 Å². The highest BCUT2D eigenvalue weighted by molar-refractivity contribution is 9.10. The number of hydrogen-bond acceptors (Lipinski definition) is 3. The lowest BCUT2D eigenvalue weighted by molar-refractivity contribution is 0.124. The van der Waals surface area contributed by atoms with Crippen molar-refractivity contribution in [3.05, 3.63) is 28.2 Å². The van der Waals surface area contributed by atoms with Gasteiger partial charge in [0.2, 0.25) is 0 Å². The number of nitrogens with two attached hydrogens (primary N) is 1. The monoisotopic (exact) mass is 256 g/mol. The van der Waals surface area contributed by atoms with Gasteiger partial charge in [0.25, 0.3) is 0 Å². The quantitative estimate of drug-likeness (QED) is 0.819. The molecule has 0 aromatic heterocycles. The van der Waals surface area contributed by atoms with Gasteiger partial charge in [-0.15, -0.1) is 0 Å². The lowest BCUT2D eigenvalue weighted by atomic mass is 10.1. The van der Waals surface area contributed by atoms with Gasteiger partial charge in [0.15, 0.2) is 0 Å². The summed E-state index contributed by atoms with van der Waals surface area (Å²) in [4.78, 5) is 6.92.